The van der Waals surface area contributed by atoms with E-state index in [0.717, 1.165) is 6.54 Å². The van der Waals surface area contributed by atoms with Crippen LogP contribution in [0.2, 0.25) is 12.1 Å². The highest BCUT2D eigenvalue weighted by Gasteiger charge is 2.03. The lowest BCUT2D eigenvalue weighted by atomic mass is 10.3. The smallest absolute Gasteiger partial charge is 0.141 e. The van der Waals surface area contributed by atoms with Gasteiger partial charge in [0.2, 0.25) is 0 Å². The molecule has 0 saturated heterocycles. The Balaban J connectivity index is 2.97. The Labute approximate surface area is 76.8 Å². The van der Waals surface area contributed by atoms with E-state index in [-0.39, 0.29) is 0 Å². The van der Waals surface area contributed by atoms with Gasteiger partial charge < -0.3 is 5.32 Å². The van der Waals surface area contributed by atoms with E-state index in [4.69, 9.17) is 11.1 Å². The lowest BCUT2D eigenvalue weighted by Gasteiger charge is -2.04. The molecular formula is C8H20ClNSi. The van der Waals surface area contributed by atoms with Crippen LogP contribution in [-0.2, 0) is 0 Å². The molecule has 0 heterocycles. The molecule has 0 aromatic rings. The molecule has 0 fully saturated rings. The van der Waals surface area contributed by atoms with Crippen LogP contribution in [-0.4, -0.2) is 21.7 Å². The van der Waals surface area contributed by atoms with Crippen LogP contribution in [0.25, 0.3) is 0 Å². The molecule has 0 aromatic heterocycles. The molecule has 0 aliphatic heterocycles. The normalized spacial score (nSPS) is 13.4. The molecule has 0 bridgehead atoms. The van der Waals surface area contributed by atoms with Crippen molar-refractivity contribution < 1.29 is 0 Å². The molecule has 1 atom stereocenters. The van der Waals surface area contributed by atoms with Crippen molar-refractivity contribution >= 4 is 19.2 Å². The molecule has 1 nitrogen and oxygen atoms in total. The van der Waals surface area contributed by atoms with E-state index in [0.29, 0.717) is 0 Å². The zero-order valence-corrected chi connectivity index (χ0v) is 9.61. The standard InChI is InChI=1S/C8H20ClNSi/c1-3-7-11(9)8-5-4-6-10-2/h10-11H,3-8H2,1-2H3. The van der Waals surface area contributed by atoms with Crippen LogP contribution >= 0.6 is 11.1 Å². The first-order valence-electron chi connectivity index (χ1n) is 4.60. The summed E-state index contributed by atoms with van der Waals surface area (Å²) in [5, 5.41) is 3.15. The molecule has 0 aromatic carbocycles. The van der Waals surface area contributed by atoms with E-state index in [1.165, 1.54) is 31.4 Å². The molecule has 1 unspecified atom stereocenters. The first-order valence-corrected chi connectivity index (χ1v) is 7.97. The summed E-state index contributed by atoms with van der Waals surface area (Å²) in [6, 6.07) is 2.62. The maximum absolute atomic E-state index is 6.18. The van der Waals surface area contributed by atoms with E-state index in [1.54, 1.807) is 0 Å². The molecule has 1 N–H and O–H groups in total. The van der Waals surface area contributed by atoms with Crippen LogP contribution in [0.5, 0.6) is 0 Å². The maximum Gasteiger partial charge on any atom is 0.141 e. The number of hydrogen-bond acceptors (Lipinski definition) is 1. The largest absolute Gasteiger partial charge is 0.320 e. The van der Waals surface area contributed by atoms with Crippen molar-refractivity contribution in [1.29, 1.82) is 0 Å². The Morgan fingerprint density at radius 1 is 1.27 bits per heavy atom. The van der Waals surface area contributed by atoms with Gasteiger partial charge in [-0.25, -0.2) is 0 Å². The van der Waals surface area contributed by atoms with Gasteiger partial charge in [0, 0.05) is 0 Å². The molecule has 68 valence electrons. The summed E-state index contributed by atoms with van der Waals surface area (Å²) >= 11 is 6.18. The molecule has 11 heavy (non-hydrogen) atoms. The maximum atomic E-state index is 6.18. The lowest BCUT2D eigenvalue weighted by molar-refractivity contribution is 0.707. The predicted octanol–water partition coefficient (Wildman–Crippen LogP) is 2.36. The molecule has 0 aliphatic rings. The summed E-state index contributed by atoms with van der Waals surface area (Å²) in [5.74, 6) is 0. The minimum absolute atomic E-state index is 0.800. The molecule has 0 saturated carbocycles. The van der Waals surface area contributed by atoms with Crippen molar-refractivity contribution in [2.45, 2.75) is 38.3 Å². The number of rotatable bonds is 7. The molecule has 3 heteroatoms. The van der Waals surface area contributed by atoms with Crippen LogP contribution in [0.3, 0.4) is 0 Å². The summed E-state index contributed by atoms with van der Waals surface area (Å²) in [5.41, 5.74) is 0. The fraction of sp³-hybridized carbons (Fsp3) is 1.00. The zero-order chi connectivity index (χ0) is 8.53. The predicted molar refractivity (Wildman–Crippen MR) is 56.1 cm³/mol. The topological polar surface area (TPSA) is 12.0 Å². The molecular weight excluding hydrogens is 174 g/mol. The third-order valence-corrected chi connectivity index (χ3v) is 5.34. The van der Waals surface area contributed by atoms with Crippen molar-refractivity contribution in [2.75, 3.05) is 13.6 Å². The summed E-state index contributed by atoms with van der Waals surface area (Å²) in [6.45, 7) is 3.36. The Kier molecular flexibility index (Phi) is 8.93. The second kappa shape index (κ2) is 8.56. The van der Waals surface area contributed by atoms with Gasteiger partial charge in [-0.2, -0.15) is 11.1 Å². The second-order valence-electron chi connectivity index (χ2n) is 2.99. The van der Waals surface area contributed by atoms with E-state index < -0.39 is 8.11 Å². The molecule has 0 spiro atoms. The fourth-order valence-corrected chi connectivity index (χ4v) is 3.89. The average Bonchev–Trinajstić information content (AvgIpc) is 1.99. The van der Waals surface area contributed by atoms with Gasteiger partial charge in [-0.1, -0.05) is 19.8 Å². The van der Waals surface area contributed by atoms with Crippen molar-refractivity contribution in [2.24, 2.45) is 0 Å². The van der Waals surface area contributed by atoms with Crippen molar-refractivity contribution in [1.82, 2.24) is 5.32 Å². The number of halogens is 1. The Morgan fingerprint density at radius 2 is 2.00 bits per heavy atom. The third-order valence-electron chi connectivity index (χ3n) is 1.80. The number of unbranched alkanes of at least 4 members (excludes halogenated alkanes) is 1. The molecule has 0 radical (unpaired) electrons. The summed E-state index contributed by atoms with van der Waals surface area (Å²) in [4.78, 5) is 0. The number of hydrogen-bond donors (Lipinski definition) is 1. The van der Waals surface area contributed by atoms with Crippen LogP contribution in [0, 0.1) is 0 Å². The molecule has 0 aliphatic carbocycles. The van der Waals surface area contributed by atoms with Gasteiger partial charge >= 0.3 is 0 Å². The van der Waals surface area contributed by atoms with Gasteiger partial charge in [-0.3, -0.25) is 0 Å². The molecule has 0 amide bonds. The van der Waals surface area contributed by atoms with Gasteiger partial charge in [0.15, 0.2) is 0 Å². The van der Waals surface area contributed by atoms with Crippen molar-refractivity contribution in [3.63, 3.8) is 0 Å². The Hall–Kier alpha value is 0.467. The summed E-state index contributed by atoms with van der Waals surface area (Å²) in [6.07, 6.45) is 3.88. The van der Waals surface area contributed by atoms with E-state index in [1.807, 2.05) is 7.05 Å². The van der Waals surface area contributed by atoms with Crippen LogP contribution < -0.4 is 5.32 Å². The second-order valence-corrected chi connectivity index (χ2v) is 7.19. The first-order chi connectivity index (χ1) is 5.31. The molecule has 0 rings (SSSR count). The highest BCUT2D eigenvalue weighted by atomic mass is 35.6. The highest BCUT2D eigenvalue weighted by Crippen LogP contribution is 2.10. The van der Waals surface area contributed by atoms with Crippen LogP contribution in [0.4, 0.5) is 0 Å². The Morgan fingerprint density at radius 3 is 2.55 bits per heavy atom. The summed E-state index contributed by atoms with van der Waals surface area (Å²) in [7, 11) is 1.20. The van der Waals surface area contributed by atoms with Gasteiger partial charge in [-0.05, 0) is 32.1 Å². The number of nitrogens with one attached hydrogen (secondary N) is 1. The van der Waals surface area contributed by atoms with Gasteiger partial charge in [0.25, 0.3) is 0 Å². The quantitative estimate of drug-likeness (QED) is 0.372. The van der Waals surface area contributed by atoms with Crippen LogP contribution in [0.15, 0.2) is 0 Å². The minimum atomic E-state index is -0.800. The van der Waals surface area contributed by atoms with E-state index >= 15 is 0 Å². The van der Waals surface area contributed by atoms with Gasteiger partial charge in [0.1, 0.15) is 8.11 Å². The van der Waals surface area contributed by atoms with Crippen molar-refractivity contribution in [3.8, 4) is 0 Å². The average molecular weight is 194 g/mol. The monoisotopic (exact) mass is 193 g/mol. The van der Waals surface area contributed by atoms with Gasteiger partial charge in [0.05, 0.1) is 0 Å². The fourth-order valence-electron chi connectivity index (χ4n) is 1.13. The van der Waals surface area contributed by atoms with Gasteiger partial charge in [-0.15, -0.1) is 0 Å². The zero-order valence-electron chi connectivity index (χ0n) is 7.70. The lowest BCUT2D eigenvalue weighted by Crippen LogP contribution is -2.09. The highest BCUT2D eigenvalue weighted by molar-refractivity contribution is 7.06. The Bertz CT molecular complexity index is 80.5. The summed E-state index contributed by atoms with van der Waals surface area (Å²) < 4.78 is 0. The van der Waals surface area contributed by atoms with Crippen molar-refractivity contribution in [3.05, 3.63) is 0 Å². The minimum Gasteiger partial charge on any atom is -0.320 e. The third kappa shape index (κ3) is 8.37. The van der Waals surface area contributed by atoms with E-state index in [9.17, 15) is 0 Å². The van der Waals surface area contributed by atoms with Crippen LogP contribution in [0.1, 0.15) is 26.2 Å². The van der Waals surface area contributed by atoms with E-state index in [2.05, 4.69) is 12.2 Å². The SMILES string of the molecule is CCC[SiH](Cl)CCCCNC. The first kappa shape index (κ1) is 11.5.